The number of nitrogens with zero attached hydrogens (tertiary/aromatic N) is 1. The van der Waals surface area contributed by atoms with E-state index >= 15 is 0 Å². The summed E-state index contributed by atoms with van der Waals surface area (Å²) in [6.45, 7) is 2.00. The highest BCUT2D eigenvalue weighted by Crippen LogP contribution is 2.33. The summed E-state index contributed by atoms with van der Waals surface area (Å²) >= 11 is 6.17. The largest absolute Gasteiger partial charge is 0.344 e. The van der Waals surface area contributed by atoms with Crippen molar-refractivity contribution in [2.75, 3.05) is 0 Å². The molecule has 5 heteroatoms. The van der Waals surface area contributed by atoms with E-state index in [1.807, 2.05) is 55.5 Å². The van der Waals surface area contributed by atoms with E-state index < -0.39 is 0 Å². The van der Waals surface area contributed by atoms with Crippen molar-refractivity contribution in [3.8, 4) is 0 Å². The lowest BCUT2D eigenvalue weighted by atomic mass is 9.91. The van der Waals surface area contributed by atoms with E-state index in [9.17, 15) is 4.79 Å². The highest BCUT2D eigenvalue weighted by molar-refractivity contribution is 6.30. The number of halogens is 1. The van der Waals surface area contributed by atoms with Gasteiger partial charge >= 0.3 is 0 Å². The number of amides is 1. The lowest BCUT2D eigenvalue weighted by Crippen LogP contribution is -2.27. The molecule has 1 aromatic heterocycles. The topological polar surface area (TPSA) is 57.8 Å². The van der Waals surface area contributed by atoms with Gasteiger partial charge in [-0.2, -0.15) is 5.10 Å². The lowest BCUT2D eigenvalue weighted by molar-refractivity contribution is 0.0934. The van der Waals surface area contributed by atoms with E-state index in [-0.39, 0.29) is 11.9 Å². The van der Waals surface area contributed by atoms with Gasteiger partial charge in [-0.1, -0.05) is 60.5 Å². The molecule has 2 atom stereocenters. The van der Waals surface area contributed by atoms with Crippen LogP contribution in [0.5, 0.6) is 0 Å². The summed E-state index contributed by atoms with van der Waals surface area (Å²) < 4.78 is 0. The average molecular weight is 408 g/mol. The molecule has 1 amide bonds. The van der Waals surface area contributed by atoms with Crippen LogP contribution in [-0.4, -0.2) is 16.1 Å². The Morgan fingerprint density at radius 3 is 2.83 bits per heavy atom. The zero-order chi connectivity index (χ0) is 20.2. The first kappa shape index (κ1) is 19.7. The molecule has 0 bridgehead atoms. The van der Waals surface area contributed by atoms with Gasteiger partial charge in [-0.15, -0.1) is 0 Å². The van der Waals surface area contributed by atoms with Gasteiger partial charge in [0, 0.05) is 22.2 Å². The number of rotatable bonds is 5. The third-order valence-corrected chi connectivity index (χ3v) is 6.01. The molecule has 3 aromatic rings. The van der Waals surface area contributed by atoms with Crippen molar-refractivity contribution in [2.45, 2.75) is 51.0 Å². The molecule has 2 N–H and O–H groups in total. The first-order chi connectivity index (χ1) is 14.1. The minimum absolute atomic E-state index is 0.0657. The van der Waals surface area contributed by atoms with Gasteiger partial charge in [-0.05, 0) is 55.9 Å². The van der Waals surface area contributed by atoms with Crippen molar-refractivity contribution < 1.29 is 4.79 Å². The minimum Gasteiger partial charge on any atom is -0.344 e. The number of nitrogens with one attached hydrogen (secondary N) is 2. The molecule has 1 aliphatic carbocycles. The number of H-pyrrole nitrogens is 1. The third-order valence-electron chi connectivity index (χ3n) is 5.77. The first-order valence-electron chi connectivity index (χ1n) is 10.3. The number of carbonyl (C=O) groups excluding carboxylic acids is 1. The Kier molecular flexibility index (Phi) is 6.00. The van der Waals surface area contributed by atoms with Crippen LogP contribution in [0, 0.1) is 0 Å². The smallest absolute Gasteiger partial charge is 0.272 e. The molecule has 0 unspecified atom stereocenters. The number of carbonyl (C=O) groups is 1. The molecule has 0 fully saturated rings. The second-order valence-corrected chi connectivity index (χ2v) is 8.28. The van der Waals surface area contributed by atoms with Gasteiger partial charge < -0.3 is 5.32 Å². The number of hydrogen-bond donors (Lipinski definition) is 2. The molecule has 4 rings (SSSR count). The van der Waals surface area contributed by atoms with Crippen LogP contribution in [0.4, 0.5) is 0 Å². The van der Waals surface area contributed by atoms with Crippen molar-refractivity contribution in [3.63, 3.8) is 0 Å². The summed E-state index contributed by atoms with van der Waals surface area (Å²) in [5, 5.41) is 11.5. The van der Waals surface area contributed by atoms with E-state index in [2.05, 4.69) is 21.6 Å². The van der Waals surface area contributed by atoms with E-state index in [0.717, 1.165) is 53.9 Å². The predicted octanol–water partition coefficient (Wildman–Crippen LogP) is 5.61. The Morgan fingerprint density at radius 1 is 1.21 bits per heavy atom. The number of benzene rings is 2. The van der Waals surface area contributed by atoms with Gasteiger partial charge in [0.15, 0.2) is 5.69 Å². The van der Waals surface area contributed by atoms with Crippen molar-refractivity contribution in [2.24, 2.45) is 0 Å². The quantitative estimate of drug-likeness (QED) is 0.540. The van der Waals surface area contributed by atoms with Crippen molar-refractivity contribution in [3.05, 3.63) is 87.7 Å². The van der Waals surface area contributed by atoms with Gasteiger partial charge in [0.05, 0.1) is 6.04 Å². The molecule has 150 valence electrons. The van der Waals surface area contributed by atoms with Crippen LogP contribution in [0.3, 0.4) is 0 Å². The molecule has 2 aromatic carbocycles. The lowest BCUT2D eigenvalue weighted by Gasteiger charge is -2.15. The Morgan fingerprint density at radius 2 is 2.03 bits per heavy atom. The highest BCUT2D eigenvalue weighted by atomic mass is 35.5. The zero-order valence-corrected chi connectivity index (χ0v) is 17.4. The molecular formula is C24H26ClN3O. The summed E-state index contributed by atoms with van der Waals surface area (Å²) in [4.78, 5) is 13.0. The van der Waals surface area contributed by atoms with Gasteiger partial charge in [-0.25, -0.2) is 0 Å². The van der Waals surface area contributed by atoms with Crippen LogP contribution in [0.2, 0.25) is 5.02 Å². The fourth-order valence-corrected chi connectivity index (χ4v) is 4.45. The molecular weight excluding hydrogens is 382 g/mol. The average Bonchev–Trinajstić information content (AvgIpc) is 3.05. The molecule has 0 saturated heterocycles. The number of aromatic amines is 1. The standard InChI is InChI=1S/C24H26ClN3O/c1-16(18-9-3-2-4-10-18)26-24(29)23-21-13-6-5-11-19(22(21)27-28-23)14-17-8-7-12-20(25)15-17/h2-4,7-10,12,15-16,19H,5-6,11,13-14H2,1H3,(H,26,29)(H,27,28)/t16-,19+/m0/s1. The molecule has 1 heterocycles. The normalized spacial score (nSPS) is 17.2. The molecule has 0 radical (unpaired) electrons. The summed E-state index contributed by atoms with van der Waals surface area (Å²) in [6, 6.07) is 18.0. The van der Waals surface area contributed by atoms with Crippen LogP contribution in [0.25, 0.3) is 0 Å². The maximum absolute atomic E-state index is 13.0. The number of fused-ring (bicyclic) bond motifs is 1. The number of hydrogen-bond acceptors (Lipinski definition) is 2. The van der Waals surface area contributed by atoms with E-state index in [0.29, 0.717) is 11.6 Å². The SMILES string of the molecule is C[C@H](NC(=O)c1n[nH]c2c1CCCC[C@@H]2Cc1cccc(Cl)c1)c1ccccc1. The minimum atomic E-state index is -0.109. The van der Waals surface area contributed by atoms with Crippen LogP contribution < -0.4 is 5.32 Å². The Hall–Kier alpha value is -2.59. The molecule has 1 aliphatic rings. The Bertz CT molecular complexity index is 983. The first-order valence-corrected chi connectivity index (χ1v) is 10.7. The second kappa shape index (κ2) is 8.83. The van der Waals surface area contributed by atoms with Crippen LogP contribution in [0.15, 0.2) is 54.6 Å². The summed E-state index contributed by atoms with van der Waals surface area (Å²) in [5.41, 5.74) is 5.03. The fraction of sp³-hybridized carbons (Fsp3) is 0.333. The molecule has 0 spiro atoms. The predicted molar refractivity (Wildman–Crippen MR) is 116 cm³/mol. The molecule has 29 heavy (non-hydrogen) atoms. The van der Waals surface area contributed by atoms with Gasteiger partial charge in [0.25, 0.3) is 5.91 Å². The molecule has 0 saturated carbocycles. The Balaban J connectivity index is 1.54. The van der Waals surface area contributed by atoms with Gasteiger partial charge in [0.1, 0.15) is 0 Å². The third kappa shape index (κ3) is 4.54. The van der Waals surface area contributed by atoms with Crippen molar-refractivity contribution >= 4 is 17.5 Å². The highest BCUT2D eigenvalue weighted by Gasteiger charge is 2.27. The summed E-state index contributed by atoms with van der Waals surface area (Å²) in [7, 11) is 0. The molecule has 4 nitrogen and oxygen atoms in total. The van der Waals surface area contributed by atoms with E-state index in [1.54, 1.807) is 0 Å². The van der Waals surface area contributed by atoms with Crippen molar-refractivity contribution in [1.29, 1.82) is 0 Å². The van der Waals surface area contributed by atoms with E-state index in [1.165, 1.54) is 5.56 Å². The van der Waals surface area contributed by atoms with Crippen molar-refractivity contribution in [1.82, 2.24) is 15.5 Å². The van der Waals surface area contributed by atoms with Crippen LogP contribution in [-0.2, 0) is 12.8 Å². The monoisotopic (exact) mass is 407 g/mol. The van der Waals surface area contributed by atoms with Crippen LogP contribution in [0.1, 0.15) is 71.0 Å². The number of aromatic nitrogens is 2. The van der Waals surface area contributed by atoms with Gasteiger partial charge in [0.2, 0.25) is 0 Å². The second-order valence-electron chi connectivity index (χ2n) is 7.85. The fourth-order valence-electron chi connectivity index (χ4n) is 4.24. The zero-order valence-electron chi connectivity index (χ0n) is 16.6. The van der Waals surface area contributed by atoms with Crippen LogP contribution >= 0.6 is 11.6 Å². The van der Waals surface area contributed by atoms with Gasteiger partial charge in [-0.3, -0.25) is 9.89 Å². The summed E-state index contributed by atoms with van der Waals surface area (Å²) in [5.74, 6) is 0.217. The maximum Gasteiger partial charge on any atom is 0.272 e. The summed E-state index contributed by atoms with van der Waals surface area (Å²) in [6.07, 6.45) is 5.10. The Labute approximate surface area is 176 Å². The molecule has 0 aliphatic heterocycles. The van der Waals surface area contributed by atoms with E-state index in [4.69, 9.17) is 11.6 Å². The maximum atomic E-state index is 13.0.